The Kier molecular flexibility index (Phi) is 5.88. The third kappa shape index (κ3) is 4.31. The number of carbonyl (C=O) groups is 1. The van der Waals surface area contributed by atoms with E-state index in [1.807, 2.05) is 12.1 Å². The molecule has 4 aromatic rings. The fourth-order valence-electron chi connectivity index (χ4n) is 2.65. The van der Waals surface area contributed by atoms with Gasteiger partial charge in [0, 0.05) is 18.6 Å². The lowest BCUT2D eigenvalue weighted by Crippen LogP contribution is -2.26. The molecule has 10 nitrogen and oxygen atoms in total. The van der Waals surface area contributed by atoms with E-state index in [0.29, 0.717) is 22.3 Å². The van der Waals surface area contributed by atoms with Crippen molar-refractivity contribution in [1.82, 2.24) is 15.0 Å². The first-order valence-corrected chi connectivity index (χ1v) is 11.5. The molecule has 0 aliphatic rings. The van der Waals surface area contributed by atoms with Gasteiger partial charge in [-0.05, 0) is 36.4 Å². The Labute approximate surface area is 187 Å². The number of pyridine rings is 1. The second-order valence-electron chi connectivity index (χ2n) is 6.36. The summed E-state index contributed by atoms with van der Waals surface area (Å²) in [5.74, 6) is -0.248. The number of sulfonamides is 1. The predicted molar refractivity (Wildman–Crippen MR) is 118 cm³/mol. The van der Waals surface area contributed by atoms with Crippen molar-refractivity contribution in [3.63, 3.8) is 0 Å². The number of nitrogens with zero attached hydrogens (tertiary/aromatic N) is 4. The first-order valence-electron chi connectivity index (χ1n) is 9.15. The van der Waals surface area contributed by atoms with Gasteiger partial charge < -0.3 is 9.15 Å². The van der Waals surface area contributed by atoms with E-state index < -0.39 is 15.9 Å². The monoisotopic (exact) mass is 471 g/mol. The summed E-state index contributed by atoms with van der Waals surface area (Å²) in [6, 6.07) is 11.1. The largest absolute Gasteiger partial charge is 0.497 e. The maximum Gasteiger partial charge on any atom is 0.312 e. The van der Waals surface area contributed by atoms with Crippen LogP contribution in [0.5, 0.6) is 5.75 Å². The van der Waals surface area contributed by atoms with Gasteiger partial charge in [-0.3, -0.25) is 15.1 Å². The topological polar surface area (TPSA) is 128 Å². The normalized spacial score (nSPS) is 11.2. The van der Waals surface area contributed by atoms with Gasteiger partial charge >= 0.3 is 6.01 Å². The van der Waals surface area contributed by atoms with Gasteiger partial charge in [0.1, 0.15) is 11.4 Å². The Balaban J connectivity index is 1.48. The quantitative estimate of drug-likeness (QED) is 0.435. The lowest BCUT2D eigenvalue weighted by Gasteiger charge is -2.15. The molecule has 0 bridgehead atoms. The van der Waals surface area contributed by atoms with Crippen LogP contribution in [-0.2, 0) is 10.0 Å². The number of amides is 1. The molecule has 0 unspecified atom stereocenters. The summed E-state index contributed by atoms with van der Waals surface area (Å²) in [6.07, 6.45) is 2.80. The number of ether oxygens (including phenoxy) is 1. The van der Waals surface area contributed by atoms with Gasteiger partial charge in [-0.2, -0.15) is 0 Å². The molecule has 0 radical (unpaired) electrons. The van der Waals surface area contributed by atoms with E-state index >= 15 is 0 Å². The first kappa shape index (κ1) is 21.5. The highest BCUT2D eigenvalue weighted by Gasteiger charge is 2.26. The SMILES string of the molecule is COc1ccc(S(=O)(=O)N(C)c2ncc(C(=O)Nc3nc(-c4ccccn4)cs3)o2)cc1. The Bertz CT molecular complexity index is 1330. The summed E-state index contributed by atoms with van der Waals surface area (Å²) in [6.45, 7) is 0. The van der Waals surface area contributed by atoms with Crippen molar-refractivity contribution in [2.75, 3.05) is 23.8 Å². The van der Waals surface area contributed by atoms with Crippen LogP contribution in [0.4, 0.5) is 11.1 Å². The number of anilines is 2. The fraction of sp³-hybridized carbons (Fsp3) is 0.100. The van der Waals surface area contributed by atoms with Gasteiger partial charge in [-0.15, -0.1) is 11.3 Å². The van der Waals surface area contributed by atoms with Crippen molar-refractivity contribution in [1.29, 1.82) is 0 Å². The average molecular weight is 472 g/mol. The predicted octanol–water partition coefficient (Wildman–Crippen LogP) is 3.28. The van der Waals surface area contributed by atoms with Crippen molar-refractivity contribution in [3.8, 4) is 17.1 Å². The molecule has 0 aliphatic carbocycles. The number of hydrogen-bond acceptors (Lipinski definition) is 9. The molecule has 0 spiro atoms. The van der Waals surface area contributed by atoms with Gasteiger partial charge in [0.05, 0.1) is 23.9 Å². The zero-order valence-electron chi connectivity index (χ0n) is 16.9. The van der Waals surface area contributed by atoms with Gasteiger partial charge in [0.15, 0.2) is 5.13 Å². The van der Waals surface area contributed by atoms with E-state index in [9.17, 15) is 13.2 Å². The molecule has 3 aromatic heterocycles. The number of methoxy groups -OCH3 is 1. The van der Waals surface area contributed by atoms with Crippen LogP contribution in [0, 0.1) is 0 Å². The number of aromatic nitrogens is 3. The van der Waals surface area contributed by atoms with E-state index in [0.717, 1.165) is 10.5 Å². The Morgan fingerprint density at radius 1 is 1.12 bits per heavy atom. The van der Waals surface area contributed by atoms with Gasteiger partial charge in [0.25, 0.3) is 15.9 Å². The highest BCUT2D eigenvalue weighted by molar-refractivity contribution is 7.92. The zero-order chi connectivity index (χ0) is 22.7. The number of nitrogens with one attached hydrogen (secondary N) is 1. The van der Waals surface area contributed by atoms with Crippen LogP contribution in [0.3, 0.4) is 0 Å². The van der Waals surface area contributed by atoms with E-state index in [4.69, 9.17) is 9.15 Å². The standard InChI is InChI=1S/C20H17N5O5S2/c1-25(32(27,28)14-8-6-13(29-2)7-9-14)20-22-11-17(30-20)18(26)24-19-23-16(12-31-19)15-5-3-4-10-21-15/h3-12H,1-2H3,(H,23,24,26). The van der Waals surface area contributed by atoms with Crippen LogP contribution < -0.4 is 14.4 Å². The zero-order valence-corrected chi connectivity index (χ0v) is 18.6. The minimum atomic E-state index is -3.94. The molecule has 1 N–H and O–H groups in total. The minimum Gasteiger partial charge on any atom is -0.497 e. The van der Waals surface area contributed by atoms with E-state index in [2.05, 4.69) is 20.3 Å². The number of rotatable bonds is 7. The van der Waals surface area contributed by atoms with Crippen LogP contribution in [0.2, 0.25) is 0 Å². The smallest absolute Gasteiger partial charge is 0.312 e. The number of thiazole rings is 1. The van der Waals surface area contributed by atoms with E-state index in [1.54, 1.807) is 17.6 Å². The third-order valence-corrected chi connectivity index (χ3v) is 6.86. The van der Waals surface area contributed by atoms with Crippen LogP contribution in [0.1, 0.15) is 10.6 Å². The molecule has 3 heterocycles. The number of oxazole rings is 1. The summed E-state index contributed by atoms with van der Waals surface area (Å²) in [4.78, 5) is 25.0. The van der Waals surface area contributed by atoms with Gasteiger partial charge in [0.2, 0.25) is 5.76 Å². The molecule has 32 heavy (non-hydrogen) atoms. The van der Waals surface area contributed by atoms with Gasteiger partial charge in [-0.1, -0.05) is 6.07 Å². The van der Waals surface area contributed by atoms with Crippen LogP contribution in [-0.4, -0.2) is 43.4 Å². The average Bonchev–Trinajstić information content (AvgIpc) is 3.49. The van der Waals surface area contributed by atoms with Crippen molar-refractivity contribution in [2.24, 2.45) is 0 Å². The number of benzene rings is 1. The summed E-state index contributed by atoms with van der Waals surface area (Å²) in [7, 11) is -1.17. The van der Waals surface area contributed by atoms with Crippen LogP contribution in [0.25, 0.3) is 11.4 Å². The Hall–Kier alpha value is -3.77. The number of hydrogen-bond donors (Lipinski definition) is 1. The first-order chi connectivity index (χ1) is 15.4. The van der Waals surface area contributed by atoms with Crippen molar-refractivity contribution >= 4 is 38.4 Å². The molecular weight excluding hydrogens is 454 g/mol. The molecule has 164 valence electrons. The lowest BCUT2D eigenvalue weighted by atomic mass is 10.3. The second-order valence-corrected chi connectivity index (χ2v) is 9.19. The molecule has 4 rings (SSSR count). The molecule has 1 aromatic carbocycles. The summed E-state index contributed by atoms with van der Waals surface area (Å²) in [5, 5.41) is 4.71. The molecule has 0 saturated heterocycles. The molecule has 0 aliphatic heterocycles. The maximum atomic E-state index is 12.8. The molecular formula is C20H17N5O5S2. The van der Waals surface area contributed by atoms with Crippen LogP contribution >= 0.6 is 11.3 Å². The fourth-order valence-corrected chi connectivity index (χ4v) is 4.43. The van der Waals surface area contributed by atoms with Crippen molar-refractivity contribution in [2.45, 2.75) is 4.90 Å². The summed E-state index contributed by atoms with van der Waals surface area (Å²) < 4.78 is 36.9. The Morgan fingerprint density at radius 3 is 2.59 bits per heavy atom. The highest BCUT2D eigenvalue weighted by atomic mass is 32.2. The Morgan fingerprint density at radius 2 is 1.91 bits per heavy atom. The third-order valence-electron chi connectivity index (χ3n) is 4.36. The molecule has 1 amide bonds. The maximum absolute atomic E-state index is 12.8. The van der Waals surface area contributed by atoms with E-state index in [1.165, 1.54) is 49.8 Å². The molecule has 0 saturated carbocycles. The summed E-state index contributed by atoms with van der Waals surface area (Å²) in [5.41, 5.74) is 1.30. The highest BCUT2D eigenvalue weighted by Crippen LogP contribution is 2.26. The lowest BCUT2D eigenvalue weighted by molar-refractivity contribution is 0.0997. The molecule has 0 fully saturated rings. The molecule has 0 atom stereocenters. The van der Waals surface area contributed by atoms with E-state index in [-0.39, 0.29) is 16.7 Å². The number of carbonyl (C=O) groups excluding carboxylic acids is 1. The summed E-state index contributed by atoms with van der Waals surface area (Å²) >= 11 is 1.22. The van der Waals surface area contributed by atoms with Gasteiger partial charge in [-0.25, -0.2) is 22.7 Å². The van der Waals surface area contributed by atoms with Crippen molar-refractivity contribution in [3.05, 3.63) is 66.0 Å². The second kappa shape index (κ2) is 8.77. The molecule has 12 heteroatoms. The van der Waals surface area contributed by atoms with Crippen molar-refractivity contribution < 1.29 is 22.4 Å². The van der Waals surface area contributed by atoms with Crippen LogP contribution in [0.15, 0.2) is 69.6 Å². The minimum absolute atomic E-state index is 0.0230.